The summed E-state index contributed by atoms with van der Waals surface area (Å²) in [6.45, 7) is 4.89. The predicted molar refractivity (Wildman–Crippen MR) is 324 cm³/mol. The van der Waals surface area contributed by atoms with Crippen LogP contribution >= 0.6 is 0 Å². The molecule has 2 atom stereocenters. The van der Waals surface area contributed by atoms with E-state index in [2.05, 4.69) is 43.5 Å². The summed E-state index contributed by atoms with van der Waals surface area (Å²) in [7, 11) is 0. The molecule has 6 heteroatoms. The van der Waals surface area contributed by atoms with E-state index in [1.165, 1.54) is 289 Å². The van der Waals surface area contributed by atoms with Gasteiger partial charge < -0.3 is 20.3 Å². The minimum atomic E-state index is -0.842. The lowest BCUT2D eigenvalue weighted by atomic mass is 10.0. The Balaban J connectivity index is 3.37. The van der Waals surface area contributed by atoms with Crippen LogP contribution in [-0.2, 0) is 14.3 Å². The highest BCUT2D eigenvalue weighted by Crippen LogP contribution is 2.18. The fourth-order valence-corrected chi connectivity index (χ4v) is 10.3. The van der Waals surface area contributed by atoms with Crippen LogP contribution in [0, 0.1) is 0 Å². The second-order valence-electron chi connectivity index (χ2n) is 22.8. The van der Waals surface area contributed by atoms with E-state index < -0.39 is 12.1 Å². The Morgan fingerprint density at radius 1 is 0.365 bits per heavy atom. The van der Waals surface area contributed by atoms with E-state index in [0.717, 1.165) is 44.9 Å². The summed E-state index contributed by atoms with van der Waals surface area (Å²) >= 11 is 0. The number of amides is 1. The Kier molecular flexibility index (Phi) is 62.0. The van der Waals surface area contributed by atoms with Crippen molar-refractivity contribution in [3.63, 3.8) is 0 Å². The first-order valence-corrected chi connectivity index (χ1v) is 33.3. The summed E-state index contributed by atoms with van der Waals surface area (Å²) in [6.07, 6.45) is 80.7. The zero-order valence-corrected chi connectivity index (χ0v) is 49.8. The van der Waals surface area contributed by atoms with Crippen LogP contribution in [0.15, 0.2) is 36.5 Å². The van der Waals surface area contributed by atoms with Crippen molar-refractivity contribution in [2.75, 3.05) is 13.2 Å². The summed E-state index contributed by atoms with van der Waals surface area (Å²) in [5, 5.41) is 23.1. The largest absolute Gasteiger partial charge is 0.466 e. The number of aliphatic hydroxyl groups is 2. The molecular weight excluding hydrogens is 911 g/mol. The molecule has 74 heavy (non-hydrogen) atoms. The number of carbonyl (C=O) groups excluding carboxylic acids is 2. The maximum absolute atomic E-state index is 12.5. The summed E-state index contributed by atoms with van der Waals surface area (Å²) in [5.41, 5.74) is 0. The number of esters is 1. The average molecular weight is 1040 g/mol. The van der Waals surface area contributed by atoms with Crippen LogP contribution in [0.4, 0.5) is 0 Å². The summed E-state index contributed by atoms with van der Waals surface area (Å²) in [4.78, 5) is 24.5. The van der Waals surface area contributed by atoms with Gasteiger partial charge in [0.2, 0.25) is 5.91 Å². The van der Waals surface area contributed by atoms with Crippen molar-refractivity contribution >= 4 is 11.9 Å². The average Bonchev–Trinajstić information content (AvgIpc) is 3.40. The molecule has 0 heterocycles. The lowest BCUT2D eigenvalue weighted by molar-refractivity contribution is -0.143. The van der Waals surface area contributed by atoms with Gasteiger partial charge in [-0.25, -0.2) is 0 Å². The topological polar surface area (TPSA) is 95.9 Å². The Labute approximate surface area is 462 Å². The van der Waals surface area contributed by atoms with E-state index in [1.807, 2.05) is 6.08 Å². The van der Waals surface area contributed by atoms with E-state index >= 15 is 0 Å². The van der Waals surface area contributed by atoms with E-state index in [4.69, 9.17) is 4.74 Å². The molecule has 0 spiro atoms. The highest BCUT2D eigenvalue weighted by Gasteiger charge is 2.18. The highest BCUT2D eigenvalue weighted by atomic mass is 16.5. The quantitative estimate of drug-likeness (QED) is 0.0320. The molecule has 0 bridgehead atoms. The smallest absolute Gasteiger partial charge is 0.305 e. The van der Waals surface area contributed by atoms with Crippen LogP contribution in [0.25, 0.3) is 0 Å². The molecule has 6 nitrogen and oxygen atoms in total. The van der Waals surface area contributed by atoms with Crippen molar-refractivity contribution in [1.29, 1.82) is 0 Å². The first kappa shape index (κ1) is 72.1. The molecule has 0 fully saturated rings. The van der Waals surface area contributed by atoms with Crippen molar-refractivity contribution in [3.05, 3.63) is 36.5 Å². The van der Waals surface area contributed by atoms with E-state index in [9.17, 15) is 19.8 Å². The van der Waals surface area contributed by atoms with Crippen molar-refractivity contribution < 1.29 is 24.5 Å². The van der Waals surface area contributed by atoms with Gasteiger partial charge in [0.15, 0.2) is 0 Å². The van der Waals surface area contributed by atoms with Gasteiger partial charge in [0.05, 0.1) is 25.4 Å². The lowest BCUT2D eigenvalue weighted by Crippen LogP contribution is -2.45. The minimum absolute atomic E-state index is 0.00728. The molecule has 0 saturated carbocycles. The number of nitrogens with one attached hydrogen (secondary N) is 1. The lowest BCUT2D eigenvalue weighted by Gasteiger charge is -2.20. The number of aliphatic hydroxyl groups excluding tert-OH is 2. The second kappa shape index (κ2) is 63.6. The van der Waals surface area contributed by atoms with Crippen LogP contribution in [-0.4, -0.2) is 47.4 Å². The Bertz CT molecular complexity index is 1200. The summed E-state index contributed by atoms with van der Waals surface area (Å²) in [6, 6.07) is -0.626. The van der Waals surface area contributed by atoms with Crippen LogP contribution in [0.2, 0.25) is 0 Å². The Hall–Kier alpha value is -1.92. The van der Waals surface area contributed by atoms with Gasteiger partial charge in [0.1, 0.15) is 0 Å². The molecule has 0 rings (SSSR count). The molecule has 0 aliphatic carbocycles. The van der Waals surface area contributed by atoms with Crippen LogP contribution in [0.3, 0.4) is 0 Å². The van der Waals surface area contributed by atoms with Crippen molar-refractivity contribution in [2.45, 2.75) is 373 Å². The van der Waals surface area contributed by atoms with Gasteiger partial charge in [-0.05, 0) is 83.5 Å². The highest BCUT2D eigenvalue weighted by molar-refractivity contribution is 5.76. The van der Waals surface area contributed by atoms with Crippen LogP contribution in [0.1, 0.15) is 361 Å². The monoisotopic (exact) mass is 1040 g/mol. The zero-order valence-electron chi connectivity index (χ0n) is 49.8. The van der Waals surface area contributed by atoms with Gasteiger partial charge in [0, 0.05) is 12.8 Å². The maximum Gasteiger partial charge on any atom is 0.305 e. The van der Waals surface area contributed by atoms with Gasteiger partial charge in [-0.1, -0.05) is 301 Å². The first-order valence-electron chi connectivity index (χ1n) is 33.3. The van der Waals surface area contributed by atoms with E-state index in [0.29, 0.717) is 19.4 Å². The first-order chi connectivity index (χ1) is 36.5. The second-order valence-corrected chi connectivity index (χ2v) is 22.8. The van der Waals surface area contributed by atoms with Crippen molar-refractivity contribution in [1.82, 2.24) is 5.32 Å². The molecular formula is C68H129NO5. The van der Waals surface area contributed by atoms with Gasteiger partial charge in [-0.3, -0.25) is 9.59 Å². The van der Waals surface area contributed by atoms with Gasteiger partial charge in [-0.2, -0.15) is 0 Å². The Morgan fingerprint density at radius 2 is 0.635 bits per heavy atom. The third-order valence-electron chi connectivity index (χ3n) is 15.4. The molecule has 0 radical (unpaired) electrons. The van der Waals surface area contributed by atoms with Crippen molar-refractivity contribution in [3.8, 4) is 0 Å². The molecule has 0 aromatic carbocycles. The standard InChI is InChI=1S/C68H129NO5/c1-3-5-7-9-11-13-15-17-37-40-44-48-52-56-60-66(71)65(64-70)69-67(72)61-57-53-49-45-41-38-35-33-31-29-27-25-23-21-19-18-20-22-24-26-28-30-32-34-36-39-43-47-51-55-59-63-74-68(73)62-58-54-50-46-42-16-14-12-10-8-6-4-2/h12,14,20,22,56,60,65-66,70-71H,3-11,13,15-19,21,23-55,57-59,61-64H2,1-2H3,(H,69,72)/b14-12-,22-20-,60-56+. The number of carbonyl (C=O) groups is 2. The van der Waals surface area contributed by atoms with E-state index in [-0.39, 0.29) is 18.5 Å². The van der Waals surface area contributed by atoms with E-state index in [1.54, 1.807) is 6.08 Å². The molecule has 1 amide bonds. The number of hydrogen-bond acceptors (Lipinski definition) is 5. The number of rotatable bonds is 62. The van der Waals surface area contributed by atoms with Gasteiger partial charge >= 0.3 is 5.97 Å². The zero-order chi connectivity index (χ0) is 53.6. The summed E-state index contributed by atoms with van der Waals surface area (Å²) in [5.74, 6) is -0.0573. The summed E-state index contributed by atoms with van der Waals surface area (Å²) < 4.78 is 5.47. The predicted octanol–water partition coefficient (Wildman–Crippen LogP) is 21.1. The molecule has 2 unspecified atom stereocenters. The maximum atomic E-state index is 12.5. The molecule has 0 aromatic rings. The molecule has 0 aliphatic rings. The molecule has 0 aliphatic heterocycles. The molecule has 0 saturated heterocycles. The minimum Gasteiger partial charge on any atom is -0.466 e. The number of ether oxygens (including phenoxy) is 1. The van der Waals surface area contributed by atoms with Crippen LogP contribution < -0.4 is 5.32 Å². The molecule has 3 N–H and O–H groups in total. The van der Waals surface area contributed by atoms with Gasteiger partial charge in [0.25, 0.3) is 0 Å². The third-order valence-corrected chi connectivity index (χ3v) is 15.4. The molecule has 0 aromatic heterocycles. The fourth-order valence-electron chi connectivity index (χ4n) is 10.3. The number of allylic oxidation sites excluding steroid dienone is 5. The SMILES string of the molecule is CCCCC/C=C\CCCCCCCC(=O)OCCCCCCCCCCCCCC/C=C\CCCCCCCCCCCCCCCCCC(=O)NC(CO)C(O)/C=C/CCCCCCCCCCCCCC. The normalized spacial score (nSPS) is 12.8. The Morgan fingerprint density at radius 3 is 0.986 bits per heavy atom. The van der Waals surface area contributed by atoms with Gasteiger partial charge in [-0.15, -0.1) is 0 Å². The van der Waals surface area contributed by atoms with Crippen LogP contribution in [0.5, 0.6) is 0 Å². The molecule has 436 valence electrons. The number of unbranched alkanes of at least 4 members (excludes halogenated alkanes) is 47. The third kappa shape index (κ3) is 59.3. The van der Waals surface area contributed by atoms with Crippen molar-refractivity contribution in [2.24, 2.45) is 0 Å². The fraction of sp³-hybridized carbons (Fsp3) is 0.882. The number of hydrogen-bond donors (Lipinski definition) is 3.